The molecule has 37 heavy (non-hydrogen) atoms. The fourth-order valence-corrected chi connectivity index (χ4v) is 7.04. The van der Waals surface area contributed by atoms with Crippen LogP contribution in [0.15, 0.2) is 83.3 Å². The molecule has 3 aliphatic rings. The Balaban J connectivity index is 1.88. The molecule has 0 unspecified atom stereocenters. The first-order valence-electron chi connectivity index (χ1n) is 12.2. The lowest BCUT2D eigenvalue weighted by atomic mass is 9.44. The average Bonchev–Trinajstić information content (AvgIpc) is 2.84. The van der Waals surface area contributed by atoms with Gasteiger partial charge in [0.15, 0.2) is 17.2 Å². The Labute approximate surface area is 214 Å². The van der Waals surface area contributed by atoms with E-state index in [0.717, 1.165) is 5.56 Å². The Morgan fingerprint density at radius 1 is 1.03 bits per heavy atom. The molecule has 0 amide bonds. The van der Waals surface area contributed by atoms with Crippen LogP contribution in [0.25, 0.3) is 0 Å². The van der Waals surface area contributed by atoms with Gasteiger partial charge in [0.2, 0.25) is 0 Å². The zero-order valence-electron chi connectivity index (χ0n) is 20.9. The first-order chi connectivity index (χ1) is 17.3. The van der Waals surface area contributed by atoms with Gasteiger partial charge in [-0.3, -0.25) is 9.59 Å². The van der Waals surface area contributed by atoms with E-state index in [0.29, 0.717) is 12.0 Å². The zero-order chi connectivity index (χ0) is 27.1. The molecule has 2 aromatic carbocycles. The summed E-state index contributed by atoms with van der Waals surface area (Å²) >= 11 is 0. The Hall–Kier alpha value is -3.68. The Kier molecular flexibility index (Phi) is 5.34. The van der Waals surface area contributed by atoms with Gasteiger partial charge in [-0.25, -0.2) is 0 Å². The predicted molar refractivity (Wildman–Crippen MR) is 136 cm³/mol. The van der Waals surface area contributed by atoms with Crippen LogP contribution in [0.3, 0.4) is 0 Å². The summed E-state index contributed by atoms with van der Waals surface area (Å²) in [5.41, 5.74) is -4.63. The molecule has 2 aromatic rings. The average molecular weight is 503 g/mol. The van der Waals surface area contributed by atoms with Crippen molar-refractivity contribution < 1.29 is 35.1 Å². The standard InChI is InChI=1S/C30H30O7/c1-15-14-28(3)27(36)29(4)19(13-17-9-6-5-7-10-17)18-11-8-12-20(32)22(18)24(33)23(29)26(35)30(28,37)25(34)21(15)16(2)31/h5-12,19,27,32,34-37H,1,13-14H2,2-4H3/t19-,27+,28+,29+,30+/m1/s1. The lowest BCUT2D eigenvalue weighted by Crippen LogP contribution is -2.68. The molecule has 0 bridgehead atoms. The van der Waals surface area contributed by atoms with Gasteiger partial charge in [0.1, 0.15) is 17.3 Å². The molecule has 5 rings (SSSR count). The van der Waals surface area contributed by atoms with E-state index in [2.05, 4.69) is 6.58 Å². The lowest BCUT2D eigenvalue weighted by Gasteiger charge is -2.61. The van der Waals surface area contributed by atoms with Gasteiger partial charge in [-0.1, -0.05) is 62.9 Å². The molecule has 5 N–H and O–H groups in total. The first kappa shape index (κ1) is 25.0. The van der Waals surface area contributed by atoms with Gasteiger partial charge in [0, 0.05) is 16.7 Å². The number of hydrogen-bond acceptors (Lipinski definition) is 7. The van der Waals surface area contributed by atoms with Crippen molar-refractivity contribution in [1.82, 2.24) is 0 Å². The number of ketones is 2. The van der Waals surface area contributed by atoms with Crippen molar-refractivity contribution in [2.75, 3.05) is 0 Å². The van der Waals surface area contributed by atoms with Gasteiger partial charge in [0.25, 0.3) is 0 Å². The molecule has 0 heterocycles. The van der Waals surface area contributed by atoms with Crippen LogP contribution in [-0.4, -0.2) is 48.8 Å². The number of hydrogen-bond donors (Lipinski definition) is 5. The number of aliphatic hydroxyl groups is 4. The highest BCUT2D eigenvalue weighted by atomic mass is 16.4. The molecule has 192 valence electrons. The third-order valence-corrected chi connectivity index (χ3v) is 8.89. The minimum absolute atomic E-state index is 0.0302. The summed E-state index contributed by atoms with van der Waals surface area (Å²) in [6, 6.07) is 14.2. The van der Waals surface area contributed by atoms with Crippen LogP contribution >= 0.6 is 0 Å². The molecular weight excluding hydrogens is 472 g/mol. The fraction of sp³-hybridized carbons (Fsp3) is 0.333. The van der Waals surface area contributed by atoms with E-state index < -0.39 is 51.5 Å². The molecular formula is C30H30O7. The second-order valence-electron chi connectivity index (χ2n) is 10.9. The molecule has 0 fully saturated rings. The molecule has 0 radical (unpaired) electrons. The molecule has 0 aliphatic heterocycles. The molecule has 5 atom stereocenters. The van der Waals surface area contributed by atoms with E-state index in [1.165, 1.54) is 19.9 Å². The number of phenolic OH excluding ortho intramolecular Hbond substituents is 1. The second-order valence-corrected chi connectivity index (χ2v) is 10.9. The highest BCUT2D eigenvalue weighted by Crippen LogP contribution is 2.67. The van der Waals surface area contributed by atoms with Gasteiger partial charge >= 0.3 is 0 Å². The van der Waals surface area contributed by atoms with E-state index in [1.54, 1.807) is 19.1 Å². The summed E-state index contributed by atoms with van der Waals surface area (Å²) in [6.45, 7) is 8.29. The monoisotopic (exact) mass is 502 g/mol. The van der Waals surface area contributed by atoms with Crippen molar-refractivity contribution >= 4 is 11.6 Å². The summed E-state index contributed by atoms with van der Waals surface area (Å²) < 4.78 is 0. The molecule has 7 heteroatoms. The maximum absolute atomic E-state index is 14.0. The van der Waals surface area contributed by atoms with E-state index >= 15 is 0 Å². The Morgan fingerprint density at radius 2 is 1.68 bits per heavy atom. The minimum atomic E-state index is -2.63. The van der Waals surface area contributed by atoms with Crippen LogP contribution in [0.2, 0.25) is 0 Å². The maximum Gasteiger partial charge on any atom is 0.197 e. The quantitative estimate of drug-likeness (QED) is 0.424. The zero-order valence-corrected chi connectivity index (χ0v) is 20.9. The summed E-state index contributed by atoms with van der Waals surface area (Å²) in [6.07, 6.45) is -1.24. The van der Waals surface area contributed by atoms with Gasteiger partial charge in [-0.15, -0.1) is 0 Å². The van der Waals surface area contributed by atoms with E-state index in [-0.39, 0.29) is 34.5 Å². The number of allylic oxidation sites excluding steroid dienone is 2. The Morgan fingerprint density at radius 3 is 2.30 bits per heavy atom. The lowest BCUT2D eigenvalue weighted by molar-refractivity contribution is -0.179. The minimum Gasteiger partial charge on any atom is -0.508 e. The van der Waals surface area contributed by atoms with Crippen LogP contribution in [0.1, 0.15) is 54.6 Å². The van der Waals surface area contributed by atoms with E-state index in [1.807, 2.05) is 30.3 Å². The number of aliphatic hydroxyl groups excluding tert-OH is 3. The van der Waals surface area contributed by atoms with Crippen LogP contribution in [-0.2, 0) is 11.2 Å². The number of carbonyl (C=O) groups is 2. The third kappa shape index (κ3) is 2.95. The van der Waals surface area contributed by atoms with Crippen molar-refractivity contribution in [1.29, 1.82) is 0 Å². The molecule has 7 nitrogen and oxygen atoms in total. The van der Waals surface area contributed by atoms with Crippen LogP contribution in [0.5, 0.6) is 5.75 Å². The molecule has 0 saturated heterocycles. The van der Waals surface area contributed by atoms with Gasteiger partial charge in [-0.05, 0) is 42.5 Å². The van der Waals surface area contributed by atoms with Gasteiger partial charge < -0.3 is 25.5 Å². The highest BCUT2D eigenvalue weighted by molar-refractivity contribution is 6.14. The molecule has 0 aromatic heterocycles. The summed E-state index contributed by atoms with van der Waals surface area (Å²) in [4.78, 5) is 26.3. The largest absolute Gasteiger partial charge is 0.508 e. The number of fused-ring (bicyclic) bond motifs is 3. The van der Waals surface area contributed by atoms with E-state index in [9.17, 15) is 35.1 Å². The summed E-state index contributed by atoms with van der Waals surface area (Å²) in [5, 5.41) is 57.8. The van der Waals surface area contributed by atoms with Crippen molar-refractivity contribution in [3.63, 3.8) is 0 Å². The normalized spacial score (nSPS) is 33.1. The molecule has 0 spiro atoms. The maximum atomic E-state index is 14.0. The van der Waals surface area contributed by atoms with Crippen LogP contribution in [0, 0.1) is 10.8 Å². The summed E-state index contributed by atoms with van der Waals surface area (Å²) in [7, 11) is 0. The topological polar surface area (TPSA) is 135 Å². The second kappa shape index (κ2) is 7.91. The number of Topliss-reactive ketones (excluding diaryl/α,β-unsaturated/α-hetero) is 2. The van der Waals surface area contributed by atoms with Crippen molar-refractivity contribution in [2.24, 2.45) is 10.8 Å². The number of carbonyl (C=O) groups excluding carboxylic acids is 2. The van der Waals surface area contributed by atoms with Crippen LogP contribution in [0.4, 0.5) is 0 Å². The van der Waals surface area contributed by atoms with Gasteiger partial charge in [-0.2, -0.15) is 0 Å². The number of rotatable bonds is 3. The SMILES string of the molecule is C=C1C[C@@]2(C)[C@H](O)[C@]3(C)C(=C(O)[C@@]2(O)C(O)=C1C(C)=O)C(=O)c1c(O)cccc1[C@H]3Cc1ccccc1. The number of phenols is 1. The van der Waals surface area contributed by atoms with Crippen molar-refractivity contribution in [3.8, 4) is 5.75 Å². The third-order valence-electron chi connectivity index (χ3n) is 8.89. The fourth-order valence-electron chi connectivity index (χ4n) is 7.04. The molecule has 3 aliphatic carbocycles. The van der Waals surface area contributed by atoms with Crippen molar-refractivity contribution in [2.45, 2.75) is 51.2 Å². The first-order valence-corrected chi connectivity index (χ1v) is 12.2. The Bertz CT molecular complexity index is 1440. The van der Waals surface area contributed by atoms with Crippen molar-refractivity contribution in [3.05, 3.63) is 100 Å². The predicted octanol–water partition coefficient (Wildman–Crippen LogP) is 4.21. The van der Waals surface area contributed by atoms with E-state index in [4.69, 9.17) is 0 Å². The number of benzene rings is 2. The molecule has 0 saturated carbocycles. The summed E-state index contributed by atoms with van der Waals surface area (Å²) in [5.74, 6) is -3.90. The number of aromatic hydroxyl groups is 1. The highest BCUT2D eigenvalue weighted by Gasteiger charge is 2.72. The smallest absolute Gasteiger partial charge is 0.197 e. The van der Waals surface area contributed by atoms with Crippen LogP contribution < -0.4 is 0 Å². The van der Waals surface area contributed by atoms with Gasteiger partial charge in [0.05, 0.1) is 22.8 Å².